The Bertz CT molecular complexity index is 323. The van der Waals surface area contributed by atoms with Crippen molar-refractivity contribution >= 4 is 35.8 Å². The number of hydrogen-bond acceptors (Lipinski definition) is 3. The summed E-state index contributed by atoms with van der Waals surface area (Å²) in [5.41, 5.74) is 0. The number of nitrogens with one attached hydrogen (secondary N) is 1. The molecule has 6 heteroatoms. The monoisotopic (exact) mass is 230 g/mol. The minimum atomic E-state index is -1.08. The van der Waals surface area contributed by atoms with E-state index < -0.39 is 17.9 Å². The Kier molecular flexibility index (Phi) is 3.97. The second kappa shape index (κ2) is 5.02. The molecule has 0 fully saturated rings. The van der Waals surface area contributed by atoms with Gasteiger partial charge in [-0.25, -0.2) is 4.79 Å². The zero-order chi connectivity index (χ0) is 10.6. The molecule has 4 nitrogen and oxygen atoms in total. The van der Waals surface area contributed by atoms with Crippen LogP contribution in [0.15, 0.2) is 17.5 Å². The predicted octanol–water partition coefficient (Wildman–Crippen LogP) is 1.19. The highest BCUT2D eigenvalue weighted by Gasteiger charge is 2.22. The standard InChI is InChI=1S/C8H8NO3S2/c10-6(4-13)9-7(8(11)12)5-2-1-3-14-5/h1-3,7H,4H2,(H,9,10)(H,11,12). The van der Waals surface area contributed by atoms with Crippen molar-refractivity contribution in [2.75, 3.05) is 5.75 Å². The van der Waals surface area contributed by atoms with Crippen LogP contribution in [-0.2, 0) is 9.59 Å². The molecule has 0 spiro atoms. The topological polar surface area (TPSA) is 66.4 Å². The number of carboxylic acid groups (broad SMARTS) is 1. The third kappa shape index (κ3) is 2.74. The van der Waals surface area contributed by atoms with Crippen LogP contribution in [0.2, 0.25) is 0 Å². The van der Waals surface area contributed by atoms with Crippen LogP contribution < -0.4 is 5.32 Å². The summed E-state index contributed by atoms with van der Waals surface area (Å²) in [5.74, 6) is -1.65. The number of aliphatic carboxylic acids is 1. The van der Waals surface area contributed by atoms with Crippen molar-refractivity contribution in [1.29, 1.82) is 0 Å². The van der Waals surface area contributed by atoms with Gasteiger partial charge in [-0.05, 0) is 11.4 Å². The minimum absolute atomic E-state index is 0.130. The Hall–Kier alpha value is -1.01. The van der Waals surface area contributed by atoms with E-state index in [2.05, 4.69) is 17.9 Å². The largest absolute Gasteiger partial charge is 0.479 e. The van der Waals surface area contributed by atoms with Gasteiger partial charge in [0.1, 0.15) is 0 Å². The Morgan fingerprint density at radius 2 is 2.36 bits per heavy atom. The van der Waals surface area contributed by atoms with E-state index in [1.807, 2.05) is 0 Å². The van der Waals surface area contributed by atoms with Gasteiger partial charge in [0.2, 0.25) is 5.91 Å². The minimum Gasteiger partial charge on any atom is -0.479 e. The molecule has 1 amide bonds. The third-order valence-corrected chi connectivity index (χ3v) is 2.71. The Morgan fingerprint density at radius 1 is 1.64 bits per heavy atom. The van der Waals surface area contributed by atoms with Crippen LogP contribution in [0.3, 0.4) is 0 Å². The van der Waals surface area contributed by atoms with Crippen LogP contribution in [0, 0.1) is 0 Å². The molecule has 0 saturated heterocycles. The van der Waals surface area contributed by atoms with Gasteiger partial charge < -0.3 is 10.4 Å². The number of carboxylic acids is 1. The smallest absolute Gasteiger partial charge is 0.331 e. The van der Waals surface area contributed by atoms with Crippen molar-refractivity contribution < 1.29 is 14.7 Å². The Labute approximate surface area is 90.4 Å². The van der Waals surface area contributed by atoms with E-state index in [0.29, 0.717) is 4.88 Å². The molecule has 75 valence electrons. The third-order valence-electron chi connectivity index (χ3n) is 1.51. The summed E-state index contributed by atoms with van der Waals surface area (Å²) in [6, 6.07) is 2.41. The predicted molar refractivity (Wildman–Crippen MR) is 55.3 cm³/mol. The highest BCUT2D eigenvalue weighted by atomic mass is 32.1. The van der Waals surface area contributed by atoms with Gasteiger partial charge in [0, 0.05) is 4.88 Å². The lowest BCUT2D eigenvalue weighted by Crippen LogP contribution is -2.33. The molecule has 1 unspecified atom stereocenters. The highest BCUT2D eigenvalue weighted by molar-refractivity contribution is 7.81. The molecule has 0 saturated carbocycles. The first kappa shape index (κ1) is 11.1. The summed E-state index contributed by atoms with van der Waals surface area (Å²) in [6.07, 6.45) is 0. The lowest BCUT2D eigenvalue weighted by Gasteiger charge is -2.11. The van der Waals surface area contributed by atoms with E-state index in [-0.39, 0.29) is 5.75 Å². The van der Waals surface area contributed by atoms with Crippen LogP contribution >= 0.6 is 24.0 Å². The summed E-state index contributed by atoms with van der Waals surface area (Å²) in [5, 5.41) is 12.9. The maximum Gasteiger partial charge on any atom is 0.331 e. The van der Waals surface area contributed by atoms with Gasteiger partial charge in [-0.2, -0.15) is 0 Å². The molecule has 1 radical (unpaired) electrons. The number of thiophene rings is 1. The number of carbonyl (C=O) groups is 2. The van der Waals surface area contributed by atoms with Crippen molar-refractivity contribution in [3.8, 4) is 0 Å². The number of rotatable bonds is 4. The van der Waals surface area contributed by atoms with Gasteiger partial charge in [0.05, 0.1) is 5.75 Å². The summed E-state index contributed by atoms with van der Waals surface area (Å²) in [4.78, 5) is 22.3. The maximum atomic E-state index is 10.9. The molecule has 2 N–H and O–H groups in total. The van der Waals surface area contributed by atoms with Gasteiger partial charge >= 0.3 is 5.97 Å². The first-order valence-corrected chi connectivity index (χ1v) is 5.24. The fourth-order valence-corrected chi connectivity index (χ4v) is 1.76. The molecule has 0 aliphatic rings. The van der Waals surface area contributed by atoms with Gasteiger partial charge in [-0.3, -0.25) is 4.79 Å². The van der Waals surface area contributed by atoms with Crippen molar-refractivity contribution in [2.24, 2.45) is 0 Å². The maximum absolute atomic E-state index is 10.9. The molecule has 1 heterocycles. The Morgan fingerprint density at radius 3 is 2.79 bits per heavy atom. The molecule has 1 atom stereocenters. The normalized spacial score (nSPS) is 12.1. The van der Waals surface area contributed by atoms with E-state index in [1.165, 1.54) is 11.3 Å². The summed E-state index contributed by atoms with van der Waals surface area (Å²) in [6.45, 7) is 0. The van der Waals surface area contributed by atoms with Crippen LogP contribution in [0.25, 0.3) is 0 Å². The average Bonchev–Trinajstić information content (AvgIpc) is 2.65. The zero-order valence-corrected chi connectivity index (χ0v) is 8.73. The lowest BCUT2D eigenvalue weighted by atomic mass is 10.2. The number of amides is 1. The fourth-order valence-electron chi connectivity index (χ4n) is 0.913. The summed E-state index contributed by atoms with van der Waals surface area (Å²) in [7, 11) is 0. The number of carbonyl (C=O) groups excluding carboxylic acids is 1. The average molecular weight is 230 g/mol. The molecular weight excluding hydrogens is 222 g/mol. The molecule has 0 aliphatic heterocycles. The first-order chi connectivity index (χ1) is 6.65. The molecule has 1 aromatic heterocycles. The second-order valence-electron chi connectivity index (χ2n) is 2.50. The summed E-state index contributed by atoms with van der Waals surface area (Å²) >= 11 is 5.79. The van der Waals surface area contributed by atoms with Crippen molar-refractivity contribution in [3.63, 3.8) is 0 Å². The SMILES string of the molecule is O=C(C[S])NC(C(=O)O)c1cccs1. The van der Waals surface area contributed by atoms with Crippen molar-refractivity contribution in [3.05, 3.63) is 22.4 Å². The van der Waals surface area contributed by atoms with E-state index in [4.69, 9.17) is 5.11 Å². The van der Waals surface area contributed by atoms with Gasteiger partial charge in [0.15, 0.2) is 6.04 Å². The molecule has 1 rings (SSSR count). The van der Waals surface area contributed by atoms with Gasteiger partial charge in [-0.15, -0.1) is 11.3 Å². The fraction of sp³-hybridized carbons (Fsp3) is 0.250. The first-order valence-electron chi connectivity index (χ1n) is 3.79. The van der Waals surface area contributed by atoms with Crippen molar-refractivity contribution in [1.82, 2.24) is 5.32 Å². The zero-order valence-electron chi connectivity index (χ0n) is 7.10. The van der Waals surface area contributed by atoms with E-state index in [9.17, 15) is 9.59 Å². The number of hydrogen-bond donors (Lipinski definition) is 2. The van der Waals surface area contributed by atoms with Crippen LogP contribution in [0.4, 0.5) is 0 Å². The molecule has 0 aliphatic carbocycles. The van der Waals surface area contributed by atoms with E-state index in [0.717, 1.165) is 0 Å². The van der Waals surface area contributed by atoms with Gasteiger partial charge in [-0.1, -0.05) is 18.7 Å². The summed E-state index contributed by atoms with van der Waals surface area (Å²) < 4.78 is 0. The second-order valence-corrected chi connectivity index (χ2v) is 3.77. The van der Waals surface area contributed by atoms with Crippen molar-refractivity contribution in [2.45, 2.75) is 6.04 Å². The molecule has 1 aromatic rings. The molecule has 0 aromatic carbocycles. The lowest BCUT2D eigenvalue weighted by molar-refractivity contribution is -0.141. The highest BCUT2D eigenvalue weighted by Crippen LogP contribution is 2.18. The van der Waals surface area contributed by atoms with Crippen LogP contribution in [0.1, 0.15) is 10.9 Å². The molecular formula is C8H8NO3S2. The van der Waals surface area contributed by atoms with Gasteiger partial charge in [0.25, 0.3) is 0 Å². The molecule has 14 heavy (non-hydrogen) atoms. The quantitative estimate of drug-likeness (QED) is 0.816. The Balaban J connectivity index is 2.76. The molecule has 0 bridgehead atoms. The van der Waals surface area contributed by atoms with E-state index in [1.54, 1.807) is 17.5 Å². The van der Waals surface area contributed by atoms with E-state index >= 15 is 0 Å². The van der Waals surface area contributed by atoms with Crippen LogP contribution in [-0.4, -0.2) is 22.7 Å². The van der Waals surface area contributed by atoms with Crippen LogP contribution in [0.5, 0.6) is 0 Å².